The lowest BCUT2D eigenvalue weighted by Crippen LogP contribution is -2.28. The van der Waals surface area contributed by atoms with E-state index in [1.807, 2.05) is 23.6 Å². The molecule has 1 amide bonds. The van der Waals surface area contributed by atoms with Crippen molar-refractivity contribution < 1.29 is 4.79 Å². The number of nitrogens with one attached hydrogen (secondary N) is 2. The van der Waals surface area contributed by atoms with Gasteiger partial charge in [0.05, 0.1) is 23.7 Å². The third-order valence-electron chi connectivity index (χ3n) is 3.23. The average Bonchev–Trinajstić information content (AvgIpc) is 3.02. The van der Waals surface area contributed by atoms with Gasteiger partial charge >= 0.3 is 0 Å². The molecule has 0 saturated carbocycles. The highest BCUT2D eigenvalue weighted by Crippen LogP contribution is 2.14. The molecule has 3 heterocycles. The van der Waals surface area contributed by atoms with Crippen molar-refractivity contribution in [3.63, 3.8) is 0 Å². The minimum Gasteiger partial charge on any atom is -0.350 e. The number of hydrogen-bond acceptors (Lipinski definition) is 6. The zero-order chi connectivity index (χ0) is 16.8. The molecule has 0 radical (unpaired) electrons. The van der Waals surface area contributed by atoms with Crippen molar-refractivity contribution in [2.45, 2.75) is 19.4 Å². The van der Waals surface area contributed by atoms with Gasteiger partial charge in [0.1, 0.15) is 5.69 Å². The molecule has 122 valence electrons. The van der Waals surface area contributed by atoms with E-state index >= 15 is 0 Å². The lowest BCUT2D eigenvalue weighted by molar-refractivity contribution is -0.120. The fourth-order valence-corrected chi connectivity index (χ4v) is 2.90. The van der Waals surface area contributed by atoms with Crippen LogP contribution in [-0.2, 0) is 24.2 Å². The number of aromatic amines is 1. The number of H-pyrrole nitrogens is 1. The number of carbonyl (C=O) groups is 1. The van der Waals surface area contributed by atoms with Crippen LogP contribution in [0.2, 0.25) is 0 Å². The van der Waals surface area contributed by atoms with Gasteiger partial charge in [-0.15, -0.1) is 11.3 Å². The van der Waals surface area contributed by atoms with E-state index in [1.165, 1.54) is 23.7 Å². The van der Waals surface area contributed by atoms with Crippen LogP contribution < -0.4 is 10.9 Å². The van der Waals surface area contributed by atoms with Crippen LogP contribution in [-0.4, -0.2) is 25.8 Å². The summed E-state index contributed by atoms with van der Waals surface area (Å²) in [6, 6.07) is 5.75. The number of rotatable bonds is 6. The first-order chi connectivity index (χ1) is 11.7. The Hall–Kier alpha value is -2.87. The van der Waals surface area contributed by atoms with Gasteiger partial charge in [0, 0.05) is 36.1 Å². The van der Waals surface area contributed by atoms with Gasteiger partial charge in [-0.05, 0) is 12.1 Å². The molecule has 0 fully saturated rings. The number of pyridine rings is 1. The lowest BCUT2D eigenvalue weighted by Gasteiger charge is -2.02. The zero-order valence-corrected chi connectivity index (χ0v) is 13.5. The topological polar surface area (TPSA) is 101 Å². The van der Waals surface area contributed by atoms with Crippen LogP contribution in [0.5, 0.6) is 0 Å². The van der Waals surface area contributed by atoms with Gasteiger partial charge in [0.2, 0.25) is 5.91 Å². The maximum Gasteiger partial charge on any atom is 0.271 e. The minimum atomic E-state index is -0.302. The molecule has 0 bridgehead atoms. The highest BCUT2D eigenvalue weighted by molar-refractivity contribution is 7.09. The third-order valence-corrected chi connectivity index (χ3v) is 4.13. The van der Waals surface area contributed by atoms with E-state index in [0.717, 1.165) is 10.7 Å². The maximum atomic E-state index is 12.0. The Kier molecular flexibility index (Phi) is 5.07. The van der Waals surface area contributed by atoms with Crippen LogP contribution in [0.15, 0.2) is 47.0 Å². The van der Waals surface area contributed by atoms with E-state index < -0.39 is 0 Å². The van der Waals surface area contributed by atoms with Gasteiger partial charge in [0.25, 0.3) is 5.56 Å². The van der Waals surface area contributed by atoms with Crippen molar-refractivity contribution in [2.75, 3.05) is 0 Å². The summed E-state index contributed by atoms with van der Waals surface area (Å²) in [4.78, 5) is 38.6. The molecular formula is C16H15N5O2S. The van der Waals surface area contributed by atoms with Crippen molar-refractivity contribution in [1.29, 1.82) is 0 Å². The summed E-state index contributed by atoms with van der Waals surface area (Å²) in [6.45, 7) is 0.0972. The minimum absolute atomic E-state index is 0.0972. The number of amides is 1. The molecule has 0 atom stereocenters. The molecule has 0 unspecified atom stereocenters. The number of hydrogen-bond donors (Lipinski definition) is 2. The van der Waals surface area contributed by atoms with Crippen molar-refractivity contribution in [2.24, 2.45) is 0 Å². The van der Waals surface area contributed by atoms with Crippen molar-refractivity contribution in [1.82, 2.24) is 25.3 Å². The normalized spacial score (nSPS) is 10.5. The summed E-state index contributed by atoms with van der Waals surface area (Å²) in [7, 11) is 0. The summed E-state index contributed by atoms with van der Waals surface area (Å²) in [5.41, 5.74) is 1.62. The quantitative estimate of drug-likeness (QED) is 0.698. The fraction of sp³-hybridized carbons (Fsp3) is 0.188. The molecule has 3 rings (SSSR count). The summed E-state index contributed by atoms with van der Waals surface area (Å²) in [5, 5.41) is 5.46. The Morgan fingerprint density at radius 3 is 2.92 bits per heavy atom. The van der Waals surface area contributed by atoms with Crippen molar-refractivity contribution in [3.8, 4) is 0 Å². The van der Waals surface area contributed by atoms with Gasteiger partial charge in [-0.25, -0.2) is 4.98 Å². The first-order valence-electron chi connectivity index (χ1n) is 7.33. The van der Waals surface area contributed by atoms with E-state index in [2.05, 4.69) is 25.3 Å². The molecule has 3 aromatic heterocycles. The zero-order valence-electron chi connectivity index (χ0n) is 12.7. The first kappa shape index (κ1) is 16.0. The second-order valence-electron chi connectivity index (χ2n) is 5.05. The van der Waals surface area contributed by atoms with Gasteiger partial charge in [-0.3, -0.25) is 19.6 Å². The second kappa shape index (κ2) is 7.60. The van der Waals surface area contributed by atoms with Crippen molar-refractivity contribution >= 4 is 17.2 Å². The van der Waals surface area contributed by atoms with Crippen LogP contribution in [0.25, 0.3) is 0 Å². The average molecular weight is 341 g/mol. The molecule has 8 heteroatoms. The maximum absolute atomic E-state index is 12.0. The van der Waals surface area contributed by atoms with Gasteiger partial charge < -0.3 is 10.3 Å². The van der Waals surface area contributed by atoms with E-state index in [0.29, 0.717) is 12.1 Å². The molecule has 0 aliphatic heterocycles. The third kappa shape index (κ3) is 4.32. The Labute approximate surface area is 141 Å². The predicted molar refractivity (Wildman–Crippen MR) is 89.6 cm³/mol. The number of nitrogens with zero attached hydrogens (tertiary/aromatic N) is 3. The first-order valence-corrected chi connectivity index (χ1v) is 8.21. The summed E-state index contributed by atoms with van der Waals surface area (Å²) >= 11 is 1.50. The molecule has 3 aromatic rings. The van der Waals surface area contributed by atoms with Crippen molar-refractivity contribution in [3.05, 3.63) is 74.6 Å². The Bertz CT molecular complexity index is 875. The van der Waals surface area contributed by atoms with Crippen LogP contribution in [0.3, 0.4) is 0 Å². The molecule has 2 N–H and O–H groups in total. The van der Waals surface area contributed by atoms with Crippen LogP contribution in [0.4, 0.5) is 0 Å². The van der Waals surface area contributed by atoms with Crippen LogP contribution in [0, 0.1) is 0 Å². The Morgan fingerprint density at radius 1 is 1.21 bits per heavy atom. The second-order valence-corrected chi connectivity index (χ2v) is 5.99. The molecule has 7 nitrogen and oxygen atoms in total. The molecule has 0 aliphatic carbocycles. The number of aromatic nitrogens is 4. The van der Waals surface area contributed by atoms with Gasteiger partial charge in [-0.1, -0.05) is 6.07 Å². The number of thiazole rings is 1. The molecular weight excluding hydrogens is 326 g/mol. The molecule has 0 spiro atoms. The number of carbonyl (C=O) groups excluding carboxylic acids is 1. The summed E-state index contributed by atoms with van der Waals surface area (Å²) < 4.78 is 0. The molecule has 0 saturated heterocycles. The molecule has 0 aliphatic rings. The predicted octanol–water partition coefficient (Wildman–Crippen LogP) is 1.07. The van der Waals surface area contributed by atoms with E-state index in [4.69, 9.17) is 0 Å². The fourth-order valence-electron chi connectivity index (χ4n) is 2.09. The lowest BCUT2D eigenvalue weighted by atomic mass is 10.3. The van der Waals surface area contributed by atoms with E-state index in [9.17, 15) is 9.59 Å². The van der Waals surface area contributed by atoms with Crippen LogP contribution >= 0.6 is 11.3 Å². The highest BCUT2D eigenvalue weighted by Gasteiger charge is 2.09. The Balaban J connectivity index is 1.54. The molecule has 0 aromatic carbocycles. The van der Waals surface area contributed by atoms with Crippen LogP contribution in [0.1, 0.15) is 22.1 Å². The highest BCUT2D eigenvalue weighted by atomic mass is 32.1. The SMILES string of the molecule is O=C(Cc1csc(Cc2ccccn2)n1)NCc1ncc[nH]c1=O. The largest absolute Gasteiger partial charge is 0.350 e. The van der Waals surface area contributed by atoms with E-state index in [1.54, 1.807) is 6.20 Å². The summed E-state index contributed by atoms with van der Waals surface area (Å²) in [5.74, 6) is -0.199. The van der Waals surface area contributed by atoms with E-state index in [-0.39, 0.29) is 30.1 Å². The van der Waals surface area contributed by atoms with Gasteiger partial charge in [-0.2, -0.15) is 0 Å². The smallest absolute Gasteiger partial charge is 0.271 e. The standard InChI is InChI=1S/C16H15N5O2S/c22-14(20-9-13-16(23)19-6-5-18-13)7-12-10-24-15(21-12)8-11-3-1-2-4-17-11/h1-6,10H,7-9H2,(H,19,23)(H,20,22). The monoisotopic (exact) mass is 341 g/mol. The van der Waals surface area contributed by atoms with Gasteiger partial charge in [0.15, 0.2) is 0 Å². The summed E-state index contributed by atoms with van der Waals surface area (Å²) in [6.07, 6.45) is 5.50. The Morgan fingerprint density at radius 2 is 2.12 bits per heavy atom. The molecule has 24 heavy (non-hydrogen) atoms.